The Morgan fingerprint density at radius 3 is 2.77 bits per heavy atom. The van der Waals surface area contributed by atoms with Gasteiger partial charge in [0.2, 0.25) is 0 Å². The summed E-state index contributed by atoms with van der Waals surface area (Å²) < 4.78 is 5.27. The Kier molecular flexibility index (Phi) is 5.38. The van der Waals surface area contributed by atoms with E-state index in [9.17, 15) is 9.90 Å². The number of benzene rings is 2. The van der Waals surface area contributed by atoms with E-state index in [0.29, 0.717) is 22.8 Å². The summed E-state index contributed by atoms with van der Waals surface area (Å²) in [7, 11) is 0. The normalized spacial score (nSPS) is 10.6. The Morgan fingerprint density at radius 1 is 1.36 bits per heavy atom. The molecule has 6 heteroatoms. The van der Waals surface area contributed by atoms with Gasteiger partial charge in [-0.2, -0.15) is 5.10 Å². The van der Waals surface area contributed by atoms with Gasteiger partial charge in [-0.25, -0.2) is 5.43 Å². The number of nitrogens with zero attached hydrogens (tertiary/aromatic N) is 1. The number of halogens is 1. The number of amides is 1. The number of nitrogens with one attached hydrogen (secondary N) is 1. The van der Waals surface area contributed by atoms with Gasteiger partial charge >= 0.3 is 0 Å². The van der Waals surface area contributed by atoms with Crippen molar-refractivity contribution in [2.75, 3.05) is 6.61 Å². The van der Waals surface area contributed by atoms with E-state index in [-0.39, 0.29) is 17.4 Å². The maximum Gasteiger partial charge on any atom is 0.271 e. The zero-order chi connectivity index (χ0) is 15.9. The lowest BCUT2D eigenvalue weighted by molar-refractivity contribution is 0.0955. The molecule has 0 aliphatic carbocycles. The number of hydrogen-bond acceptors (Lipinski definition) is 4. The van der Waals surface area contributed by atoms with E-state index < -0.39 is 0 Å². The molecule has 2 aromatic rings. The second-order valence-electron chi connectivity index (χ2n) is 4.34. The van der Waals surface area contributed by atoms with Crippen molar-refractivity contribution in [2.24, 2.45) is 5.10 Å². The van der Waals surface area contributed by atoms with Gasteiger partial charge in [-0.15, -0.1) is 0 Å². The first-order valence-corrected chi connectivity index (χ1v) is 7.03. The van der Waals surface area contributed by atoms with Crippen LogP contribution >= 0.6 is 11.6 Å². The van der Waals surface area contributed by atoms with Gasteiger partial charge in [0.25, 0.3) is 5.91 Å². The first-order valence-electron chi connectivity index (χ1n) is 6.65. The van der Waals surface area contributed by atoms with Gasteiger partial charge in [0.15, 0.2) is 11.5 Å². The molecule has 2 N–H and O–H groups in total. The van der Waals surface area contributed by atoms with Crippen LogP contribution in [0.4, 0.5) is 0 Å². The number of hydrogen-bond donors (Lipinski definition) is 2. The molecule has 2 aromatic carbocycles. The number of hydrazone groups is 1. The SMILES string of the molecule is CCOc1cc(Cl)cc(C=NNC(=O)c2ccccc2)c1O. The average molecular weight is 319 g/mol. The molecule has 1 amide bonds. The minimum Gasteiger partial charge on any atom is -0.504 e. The molecule has 0 bridgehead atoms. The Hall–Kier alpha value is -2.53. The van der Waals surface area contributed by atoms with Gasteiger partial charge in [-0.1, -0.05) is 29.8 Å². The summed E-state index contributed by atoms with van der Waals surface area (Å²) in [6.45, 7) is 2.20. The fourth-order valence-electron chi connectivity index (χ4n) is 1.77. The molecule has 2 rings (SSSR count). The quantitative estimate of drug-likeness (QED) is 0.657. The third kappa shape index (κ3) is 3.99. The van der Waals surface area contributed by atoms with Crippen molar-refractivity contribution in [1.82, 2.24) is 5.43 Å². The minimum absolute atomic E-state index is 0.0797. The van der Waals surface area contributed by atoms with Crippen LogP contribution in [0.15, 0.2) is 47.6 Å². The van der Waals surface area contributed by atoms with Crippen molar-refractivity contribution in [2.45, 2.75) is 6.92 Å². The zero-order valence-corrected chi connectivity index (χ0v) is 12.7. The molecule has 0 aromatic heterocycles. The Bertz CT molecular complexity index is 687. The van der Waals surface area contributed by atoms with Crippen molar-refractivity contribution in [3.05, 3.63) is 58.6 Å². The highest BCUT2D eigenvalue weighted by molar-refractivity contribution is 6.31. The molecule has 0 unspecified atom stereocenters. The van der Waals surface area contributed by atoms with Crippen molar-refractivity contribution in [3.63, 3.8) is 0 Å². The number of phenolic OH excluding ortho intramolecular Hbond substituents is 1. The lowest BCUT2D eigenvalue weighted by atomic mass is 10.2. The highest BCUT2D eigenvalue weighted by Gasteiger charge is 2.09. The van der Waals surface area contributed by atoms with Crippen LogP contribution in [0, 0.1) is 0 Å². The van der Waals surface area contributed by atoms with Gasteiger partial charge in [0, 0.05) is 22.2 Å². The molecule has 0 atom stereocenters. The largest absolute Gasteiger partial charge is 0.504 e. The van der Waals surface area contributed by atoms with E-state index >= 15 is 0 Å². The predicted molar refractivity (Wildman–Crippen MR) is 85.8 cm³/mol. The third-order valence-corrected chi connectivity index (χ3v) is 2.99. The van der Waals surface area contributed by atoms with Gasteiger partial charge in [0.1, 0.15) is 0 Å². The third-order valence-electron chi connectivity index (χ3n) is 2.77. The van der Waals surface area contributed by atoms with Crippen molar-refractivity contribution >= 4 is 23.7 Å². The molecule has 0 heterocycles. The van der Waals surface area contributed by atoms with Gasteiger partial charge in [0.05, 0.1) is 12.8 Å². The molecule has 0 radical (unpaired) electrons. The Balaban J connectivity index is 2.12. The van der Waals surface area contributed by atoms with Crippen LogP contribution in [0.1, 0.15) is 22.8 Å². The Labute approximate surface area is 133 Å². The highest BCUT2D eigenvalue weighted by atomic mass is 35.5. The van der Waals surface area contributed by atoms with Crippen LogP contribution < -0.4 is 10.2 Å². The van der Waals surface area contributed by atoms with Crippen molar-refractivity contribution < 1.29 is 14.6 Å². The van der Waals surface area contributed by atoms with Crippen LogP contribution in [-0.4, -0.2) is 23.8 Å². The first kappa shape index (κ1) is 15.9. The zero-order valence-electron chi connectivity index (χ0n) is 11.9. The van der Waals surface area contributed by atoms with Crippen LogP contribution in [0.25, 0.3) is 0 Å². The number of phenols is 1. The summed E-state index contributed by atoms with van der Waals surface area (Å²) in [5.74, 6) is -0.154. The molecule has 0 saturated carbocycles. The molecule has 0 aliphatic heterocycles. The number of rotatable bonds is 5. The van der Waals surface area contributed by atoms with Crippen LogP contribution in [0.3, 0.4) is 0 Å². The molecule has 5 nitrogen and oxygen atoms in total. The number of carbonyl (C=O) groups is 1. The molecule has 0 saturated heterocycles. The lowest BCUT2D eigenvalue weighted by Crippen LogP contribution is -2.17. The summed E-state index contributed by atoms with van der Waals surface area (Å²) >= 11 is 5.95. The fraction of sp³-hybridized carbons (Fsp3) is 0.125. The molecule has 0 aliphatic rings. The van der Waals surface area contributed by atoms with Gasteiger partial charge in [-0.05, 0) is 25.1 Å². The van der Waals surface area contributed by atoms with Crippen molar-refractivity contribution in [3.8, 4) is 11.5 Å². The molecule has 114 valence electrons. The molecular formula is C16H15ClN2O3. The second-order valence-corrected chi connectivity index (χ2v) is 4.78. The smallest absolute Gasteiger partial charge is 0.271 e. The fourth-order valence-corrected chi connectivity index (χ4v) is 1.99. The predicted octanol–water partition coefficient (Wildman–Crippen LogP) is 3.21. The van der Waals surface area contributed by atoms with Crippen LogP contribution in [0.2, 0.25) is 5.02 Å². The maximum absolute atomic E-state index is 11.8. The number of aromatic hydroxyl groups is 1. The molecule has 22 heavy (non-hydrogen) atoms. The second kappa shape index (κ2) is 7.47. The average Bonchev–Trinajstić information content (AvgIpc) is 2.52. The topological polar surface area (TPSA) is 70.9 Å². The monoisotopic (exact) mass is 318 g/mol. The summed E-state index contributed by atoms with van der Waals surface area (Å²) in [5, 5.41) is 14.3. The highest BCUT2D eigenvalue weighted by Crippen LogP contribution is 2.32. The van der Waals surface area contributed by atoms with E-state index in [1.807, 2.05) is 6.07 Å². The molecular weight excluding hydrogens is 304 g/mol. The number of ether oxygens (including phenoxy) is 1. The van der Waals surface area contributed by atoms with E-state index in [2.05, 4.69) is 10.5 Å². The van der Waals surface area contributed by atoms with Crippen LogP contribution in [0.5, 0.6) is 11.5 Å². The minimum atomic E-state index is -0.344. The Morgan fingerprint density at radius 2 is 2.09 bits per heavy atom. The first-order chi connectivity index (χ1) is 10.6. The number of carbonyl (C=O) groups excluding carboxylic acids is 1. The van der Waals surface area contributed by atoms with Gasteiger partial charge < -0.3 is 9.84 Å². The lowest BCUT2D eigenvalue weighted by Gasteiger charge is -2.08. The van der Waals surface area contributed by atoms with E-state index in [4.69, 9.17) is 16.3 Å². The summed E-state index contributed by atoms with van der Waals surface area (Å²) in [4.78, 5) is 11.8. The standard InChI is InChI=1S/C16H15ClN2O3/c1-2-22-14-9-13(17)8-12(15(14)20)10-18-19-16(21)11-6-4-3-5-7-11/h3-10,20H,2H2,1H3,(H,19,21). The van der Waals surface area contributed by atoms with Gasteiger partial charge in [-0.3, -0.25) is 4.79 Å². The van der Waals surface area contributed by atoms with E-state index in [1.54, 1.807) is 31.2 Å². The van der Waals surface area contributed by atoms with Crippen LogP contribution in [-0.2, 0) is 0 Å². The molecule has 0 fully saturated rings. The van der Waals surface area contributed by atoms with Crippen molar-refractivity contribution in [1.29, 1.82) is 0 Å². The summed E-state index contributed by atoms with van der Waals surface area (Å²) in [5.41, 5.74) is 3.22. The summed E-state index contributed by atoms with van der Waals surface area (Å²) in [6.07, 6.45) is 1.31. The van der Waals surface area contributed by atoms with E-state index in [0.717, 1.165) is 0 Å². The summed E-state index contributed by atoms with van der Waals surface area (Å²) in [6, 6.07) is 11.7. The molecule has 0 spiro atoms. The van der Waals surface area contributed by atoms with E-state index in [1.165, 1.54) is 18.3 Å². The maximum atomic E-state index is 11.8.